The summed E-state index contributed by atoms with van der Waals surface area (Å²) in [6.07, 6.45) is 2.71. The third kappa shape index (κ3) is 6.63. The number of benzene rings is 2. The number of nitro benzene ring substituents is 1. The molecule has 0 spiro atoms. The van der Waals surface area contributed by atoms with Crippen LogP contribution in [0.4, 0.5) is 22.7 Å². The molecule has 0 aliphatic heterocycles. The molecule has 0 fully saturated rings. The average Bonchev–Trinajstić information content (AvgIpc) is 2.70. The highest BCUT2D eigenvalue weighted by molar-refractivity contribution is 5.53. The Balaban J connectivity index is 1.92. The maximum absolute atomic E-state index is 10.7. The molecule has 2 aromatic carbocycles. The summed E-state index contributed by atoms with van der Waals surface area (Å²) < 4.78 is 5.57. The SMILES string of the molecule is C=CCCOCCN(CC)c1ccc(N=Nc2ccc([N+](=O)[O-])cc2)cc1. The zero-order valence-electron chi connectivity index (χ0n) is 15.5. The summed E-state index contributed by atoms with van der Waals surface area (Å²) >= 11 is 0. The molecule has 0 unspecified atom stereocenters. The molecule has 7 nitrogen and oxygen atoms in total. The van der Waals surface area contributed by atoms with Crippen LogP contribution in [0.3, 0.4) is 0 Å². The van der Waals surface area contributed by atoms with Gasteiger partial charge in [-0.25, -0.2) is 0 Å². The van der Waals surface area contributed by atoms with Crippen molar-refractivity contribution in [3.05, 3.63) is 71.3 Å². The fourth-order valence-corrected chi connectivity index (χ4v) is 2.40. The van der Waals surface area contributed by atoms with E-state index in [1.165, 1.54) is 12.1 Å². The fraction of sp³-hybridized carbons (Fsp3) is 0.300. The first kappa shape index (κ1) is 20.3. The van der Waals surface area contributed by atoms with Gasteiger partial charge in [0.05, 0.1) is 29.5 Å². The predicted molar refractivity (Wildman–Crippen MR) is 107 cm³/mol. The molecule has 0 N–H and O–H groups in total. The molecule has 0 aliphatic carbocycles. The predicted octanol–water partition coefficient (Wildman–Crippen LogP) is 5.43. The van der Waals surface area contributed by atoms with Gasteiger partial charge >= 0.3 is 0 Å². The number of rotatable bonds is 11. The van der Waals surface area contributed by atoms with Gasteiger partial charge < -0.3 is 9.64 Å². The number of ether oxygens (including phenoxy) is 1. The van der Waals surface area contributed by atoms with Crippen molar-refractivity contribution in [1.29, 1.82) is 0 Å². The van der Waals surface area contributed by atoms with E-state index in [1.54, 1.807) is 12.1 Å². The summed E-state index contributed by atoms with van der Waals surface area (Å²) in [6, 6.07) is 13.7. The highest BCUT2D eigenvalue weighted by Crippen LogP contribution is 2.23. The minimum absolute atomic E-state index is 0.0337. The standard InChI is InChI=1S/C20H24N4O3/c1-3-5-15-27-16-14-23(4-2)19-10-6-17(7-11-19)21-22-18-8-12-20(13-9-18)24(25)26/h3,6-13H,1,4-5,14-16H2,2H3. The Morgan fingerprint density at radius 1 is 1.07 bits per heavy atom. The van der Waals surface area contributed by atoms with E-state index in [4.69, 9.17) is 4.74 Å². The maximum Gasteiger partial charge on any atom is 0.269 e. The molecule has 142 valence electrons. The lowest BCUT2D eigenvalue weighted by Crippen LogP contribution is -2.27. The van der Waals surface area contributed by atoms with Gasteiger partial charge in [0.2, 0.25) is 0 Å². The van der Waals surface area contributed by atoms with Crippen molar-refractivity contribution >= 4 is 22.7 Å². The minimum Gasteiger partial charge on any atom is -0.379 e. The lowest BCUT2D eigenvalue weighted by atomic mass is 10.2. The minimum atomic E-state index is -0.441. The average molecular weight is 368 g/mol. The fourth-order valence-electron chi connectivity index (χ4n) is 2.40. The van der Waals surface area contributed by atoms with Crippen LogP contribution in [0.2, 0.25) is 0 Å². The summed E-state index contributed by atoms with van der Waals surface area (Å²) in [7, 11) is 0. The second-order valence-electron chi connectivity index (χ2n) is 5.76. The summed E-state index contributed by atoms with van der Waals surface area (Å²) in [5.74, 6) is 0. The number of nitro groups is 1. The number of non-ortho nitro benzene ring substituents is 1. The van der Waals surface area contributed by atoms with Crippen molar-refractivity contribution in [3.63, 3.8) is 0 Å². The van der Waals surface area contributed by atoms with Crippen molar-refractivity contribution in [2.75, 3.05) is 31.2 Å². The molecule has 0 aromatic heterocycles. The van der Waals surface area contributed by atoms with Gasteiger partial charge in [0.25, 0.3) is 5.69 Å². The van der Waals surface area contributed by atoms with E-state index in [0.29, 0.717) is 18.9 Å². The molecule has 27 heavy (non-hydrogen) atoms. The first-order valence-electron chi connectivity index (χ1n) is 8.84. The molecular weight excluding hydrogens is 344 g/mol. The van der Waals surface area contributed by atoms with E-state index in [9.17, 15) is 10.1 Å². The molecule has 0 saturated heterocycles. The number of likely N-dealkylation sites (N-methyl/N-ethyl adjacent to an activating group) is 1. The summed E-state index contributed by atoms with van der Waals surface area (Å²) in [5, 5.41) is 18.9. The molecule has 0 radical (unpaired) electrons. The number of azo groups is 1. The molecule has 0 atom stereocenters. The van der Waals surface area contributed by atoms with Crippen LogP contribution >= 0.6 is 0 Å². The van der Waals surface area contributed by atoms with Crippen molar-refractivity contribution in [1.82, 2.24) is 0 Å². The highest BCUT2D eigenvalue weighted by atomic mass is 16.6. The van der Waals surface area contributed by atoms with Crippen LogP contribution in [0.1, 0.15) is 13.3 Å². The van der Waals surface area contributed by atoms with Crippen LogP contribution < -0.4 is 4.90 Å². The first-order chi connectivity index (χ1) is 13.1. The quantitative estimate of drug-likeness (QED) is 0.174. The zero-order valence-corrected chi connectivity index (χ0v) is 15.5. The van der Waals surface area contributed by atoms with E-state index >= 15 is 0 Å². The van der Waals surface area contributed by atoms with Crippen LogP contribution in [-0.2, 0) is 4.74 Å². The van der Waals surface area contributed by atoms with Crippen LogP contribution in [-0.4, -0.2) is 31.2 Å². The van der Waals surface area contributed by atoms with Crippen molar-refractivity contribution in [2.45, 2.75) is 13.3 Å². The monoisotopic (exact) mass is 368 g/mol. The lowest BCUT2D eigenvalue weighted by Gasteiger charge is -2.23. The third-order valence-corrected chi connectivity index (χ3v) is 3.91. The number of hydrogen-bond acceptors (Lipinski definition) is 6. The van der Waals surface area contributed by atoms with Gasteiger partial charge in [-0.05, 0) is 49.7 Å². The molecular formula is C20H24N4O3. The van der Waals surface area contributed by atoms with E-state index < -0.39 is 4.92 Å². The summed E-state index contributed by atoms with van der Waals surface area (Å²) in [4.78, 5) is 12.4. The summed E-state index contributed by atoms with van der Waals surface area (Å²) in [5.41, 5.74) is 2.41. The van der Waals surface area contributed by atoms with E-state index in [2.05, 4.69) is 28.6 Å². The number of anilines is 1. The van der Waals surface area contributed by atoms with E-state index in [0.717, 1.165) is 30.9 Å². The van der Waals surface area contributed by atoms with Gasteiger partial charge in [0.1, 0.15) is 0 Å². The molecule has 0 amide bonds. The third-order valence-electron chi connectivity index (χ3n) is 3.91. The Morgan fingerprint density at radius 3 is 2.19 bits per heavy atom. The highest BCUT2D eigenvalue weighted by Gasteiger charge is 2.05. The van der Waals surface area contributed by atoms with Gasteiger partial charge in [0.15, 0.2) is 0 Å². The summed E-state index contributed by atoms with van der Waals surface area (Å²) in [6.45, 7) is 8.85. The second-order valence-corrected chi connectivity index (χ2v) is 5.76. The van der Waals surface area contributed by atoms with Gasteiger partial charge in [-0.3, -0.25) is 10.1 Å². The second kappa shape index (κ2) is 10.8. The Bertz CT molecular complexity index is 758. The zero-order chi connectivity index (χ0) is 19.5. The van der Waals surface area contributed by atoms with Gasteiger partial charge in [-0.2, -0.15) is 10.2 Å². The number of nitrogens with zero attached hydrogens (tertiary/aromatic N) is 4. The number of hydrogen-bond donors (Lipinski definition) is 0. The van der Waals surface area contributed by atoms with Crippen LogP contribution in [0.25, 0.3) is 0 Å². The molecule has 2 aromatic rings. The maximum atomic E-state index is 10.7. The van der Waals surface area contributed by atoms with Crippen LogP contribution in [0.15, 0.2) is 71.4 Å². The molecule has 0 heterocycles. The molecule has 0 bridgehead atoms. The Kier molecular flexibility index (Phi) is 8.12. The Labute approximate surface area is 159 Å². The van der Waals surface area contributed by atoms with Crippen molar-refractivity contribution < 1.29 is 9.66 Å². The van der Waals surface area contributed by atoms with E-state index in [1.807, 2.05) is 30.3 Å². The van der Waals surface area contributed by atoms with Gasteiger partial charge in [-0.15, -0.1) is 6.58 Å². The lowest BCUT2D eigenvalue weighted by molar-refractivity contribution is -0.384. The molecule has 7 heteroatoms. The van der Waals surface area contributed by atoms with Crippen LogP contribution in [0.5, 0.6) is 0 Å². The van der Waals surface area contributed by atoms with Crippen molar-refractivity contribution in [3.8, 4) is 0 Å². The topological polar surface area (TPSA) is 80.3 Å². The Morgan fingerprint density at radius 2 is 1.67 bits per heavy atom. The first-order valence-corrected chi connectivity index (χ1v) is 8.84. The smallest absolute Gasteiger partial charge is 0.269 e. The van der Waals surface area contributed by atoms with E-state index in [-0.39, 0.29) is 5.69 Å². The van der Waals surface area contributed by atoms with Gasteiger partial charge in [0, 0.05) is 30.9 Å². The molecule has 2 rings (SSSR count). The van der Waals surface area contributed by atoms with Crippen LogP contribution in [0, 0.1) is 10.1 Å². The molecule has 0 aliphatic rings. The largest absolute Gasteiger partial charge is 0.379 e. The van der Waals surface area contributed by atoms with Gasteiger partial charge in [-0.1, -0.05) is 6.08 Å². The Hall–Kier alpha value is -3.06. The van der Waals surface area contributed by atoms with Crippen molar-refractivity contribution in [2.24, 2.45) is 10.2 Å². The normalized spacial score (nSPS) is 10.9. The molecule has 0 saturated carbocycles.